The Kier molecular flexibility index (Phi) is 7.73. The number of nitrogens with zero attached hydrogens (tertiary/aromatic N) is 4. The fourth-order valence-electron chi connectivity index (χ4n) is 5.08. The highest BCUT2D eigenvalue weighted by Crippen LogP contribution is 2.37. The Labute approximate surface area is 240 Å². The van der Waals surface area contributed by atoms with Crippen LogP contribution in [0.1, 0.15) is 35.4 Å². The van der Waals surface area contributed by atoms with Gasteiger partial charge >= 0.3 is 0 Å². The van der Waals surface area contributed by atoms with Crippen molar-refractivity contribution in [3.63, 3.8) is 0 Å². The maximum atomic E-state index is 14.0. The minimum absolute atomic E-state index is 0.0371. The number of benzene rings is 2. The number of amides is 1. The van der Waals surface area contributed by atoms with E-state index in [4.69, 9.17) is 4.74 Å². The first-order valence-corrected chi connectivity index (χ1v) is 15.3. The van der Waals surface area contributed by atoms with E-state index in [2.05, 4.69) is 41.5 Å². The van der Waals surface area contributed by atoms with Crippen LogP contribution < -0.4 is 10.9 Å². The number of carbonyl (C=O) groups is 1. The Bertz CT molecular complexity index is 1710. The van der Waals surface area contributed by atoms with Gasteiger partial charge in [0.25, 0.3) is 5.56 Å². The van der Waals surface area contributed by atoms with Crippen LogP contribution in [0.2, 0.25) is 0 Å². The van der Waals surface area contributed by atoms with Gasteiger partial charge < -0.3 is 10.1 Å². The molecule has 1 amide bonds. The first kappa shape index (κ1) is 26.7. The Morgan fingerprint density at radius 3 is 2.55 bits per heavy atom. The molecule has 0 fully saturated rings. The van der Waals surface area contributed by atoms with Gasteiger partial charge in [0.15, 0.2) is 5.16 Å². The quantitative estimate of drug-likeness (QED) is 0.254. The zero-order valence-electron chi connectivity index (χ0n) is 22.5. The van der Waals surface area contributed by atoms with Gasteiger partial charge in [-0.05, 0) is 29.0 Å². The molecule has 0 bridgehead atoms. The molecule has 0 radical (unpaired) electrons. The number of carbonyl (C=O) groups excluding carboxylic acids is 1. The average Bonchev–Trinajstić information content (AvgIpc) is 3.57. The largest absolute Gasteiger partial charge is 0.372 e. The predicted octanol–water partition coefficient (Wildman–Crippen LogP) is 4.85. The summed E-state index contributed by atoms with van der Waals surface area (Å²) in [6.07, 6.45) is 1.48. The summed E-state index contributed by atoms with van der Waals surface area (Å²) in [6, 6.07) is 20.0. The van der Waals surface area contributed by atoms with Crippen LogP contribution in [0.3, 0.4) is 0 Å². The van der Waals surface area contributed by atoms with Crippen molar-refractivity contribution in [1.82, 2.24) is 24.5 Å². The molecule has 5 aromatic rings. The number of hydrogen-bond donors (Lipinski definition) is 1. The van der Waals surface area contributed by atoms with Crippen molar-refractivity contribution < 1.29 is 9.53 Å². The maximum absolute atomic E-state index is 14.0. The molecular formula is C30H31N5O3S2. The van der Waals surface area contributed by atoms with Crippen molar-refractivity contribution in [2.45, 2.75) is 57.6 Å². The molecule has 1 aliphatic rings. The van der Waals surface area contributed by atoms with Gasteiger partial charge in [-0.15, -0.1) is 21.5 Å². The van der Waals surface area contributed by atoms with Crippen LogP contribution in [0.4, 0.5) is 0 Å². The molecule has 1 N–H and O–H groups in total. The number of rotatable bonds is 9. The molecule has 4 heterocycles. The minimum atomic E-state index is -0.0853. The monoisotopic (exact) mass is 573 g/mol. The van der Waals surface area contributed by atoms with Crippen LogP contribution in [-0.2, 0) is 42.1 Å². The fraction of sp³-hybridized carbons (Fsp3) is 0.333. The molecule has 0 spiro atoms. The highest BCUT2D eigenvalue weighted by Gasteiger charge is 2.30. The molecule has 0 saturated carbocycles. The number of nitrogens with one attached hydrogen (secondary N) is 1. The topological polar surface area (TPSA) is 90.5 Å². The van der Waals surface area contributed by atoms with Crippen molar-refractivity contribution in [2.24, 2.45) is 5.92 Å². The molecule has 1 atom stereocenters. The van der Waals surface area contributed by atoms with Crippen molar-refractivity contribution in [3.8, 4) is 0 Å². The summed E-state index contributed by atoms with van der Waals surface area (Å²) < 4.78 is 9.85. The van der Waals surface area contributed by atoms with E-state index < -0.39 is 0 Å². The van der Waals surface area contributed by atoms with E-state index in [0.29, 0.717) is 49.4 Å². The summed E-state index contributed by atoms with van der Waals surface area (Å²) >= 11 is 2.90. The van der Waals surface area contributed by atoms with Crippen LogP contribution in [0.5, 0.6) is 0 Å². The lowest BCUT2D eigenvalue weighted by Crippen LogP contribution is -2.29. The molecule has 40 heavy (non-hydrogen) atoms. The van der Waals surface area contributed by atoms with E-state index in [-0.39, 0.29) is 23.3 Å². The Morgan fingerprint density at radius 1 is 1.10 bits per heavy atom. The van der Waals surface area contributed by atoms with Gasteiger partial charge in [-0.1, -0.05) is 86.3 Å². The summed E-state index contributed by atoms with van der Waals surface area (Å²) in [5, 5.41) is 13.2. The molecule has 8 nitrogen and oxygen atoms in total. The zero-order chi connectivity index (χ0) is 27.6. The first-order valence-electron chi connectivity index (χ1n) is 13.5. The highest BCUT2D eigenvalue weighted by atomic mass is 32.2. The Hall–Kier alpha value is -3.47. The van der Waals surface area contributed by atoms with Crippen molar-refractivity contribution in [1.29, 1.82) is 0 Å². The second-order valence-corrected chi connectivity index (χ2v) is 12.4. The van der Waals surface area contributed by atoms with E-state index in [1.165, 1.54) is 11.8 Å². The van der Waals surface area contributed by atoms with Crippen molar-refractivity contribution in [3.05, 3.63) is 92.6 Å². The summed E-state index contributed by atoms with van der Waals surface area (Å²) in [5.74, 6) is 0.961. The molecule has 206 valence electrons. The van der Waals surface area contributed by atoms with Gasteiger partial charge in [0.05, 0.1) is 23.8 Å². The van der Waals surface area contributed by atoms with Gasteiger partial charge in [0, 0.05) is 24.4 Å². The predicted molar refractivity (Wildman–Crippen MR) is 159 cm³/mol. The average molecular weight is 574 g/mol. The van der Waals surface area contributed by atoms with Crippen LogP contribution >= 0.6 is 23.1 Å². The van der Waals surface area contributed by atoms with Crippen LogP contribution in [-0.4, -0.2) is 36.9 Å². The first-order chi connectivity index (χ1) is 19.5. The molecule has 0 aliphatic carbocycles. The SMILES string of the molecule is CC(C)C1Cc2c(sc3c2c(=O)n(CCc2ccccc2)c2nnc(SCC(=O)NCc4ccccc4)n32)CO1. The number of aryl methyl sites for hydroxylation is 2. The lowest BCUT2D eigenvalue weighted by atomic mass is 9.96. The minimum Gasteiger partial charge on any atom is -0.372 e. The van der Waals surface area contributed by atoms with E-state index in [0.717, 1.165) is 31.8 Å². The molecule has 1 aliphatic heterocycles. The van der Waals surface area contributed by atoms with E-state index in [1.54, 1.807) is 15.9 Å². The fourth-order valence-corrected chi connectivity index (χ4v) is 7.14. The van der Waals surface area contributed by atoms with Crippen molar-refractivity contribution >= 4 is 45.0 Å². The molecule has 3 aromatic heterocycles. The summed E-state index contributed by atoms with van der Waals surface area (Å²) in [4.78, 5) is 28.6. The third-order valence-electron chi connectivity index (χ3n) is 7.30. The second kappa shape index (κ2) is 11.6. The standard InChI is InChI=1S/C30H31N5O3S2/c1-19(2)23-15-22-24(17-38-23)40-28-26(22)27(37)34(14-13-20-9-5-3-6-10-20)29-32-33-30(35(28)29)39-18-25(36)31-16-21-11-7-4-8-12-21/h3-12,19,23H,13-18H2,1-2H3,(H,31,36). The Morgan fingerprint density at radius 2 is 1.82 bits per heavy atom. The number of hydrogen-bond acceptors (Lipinski definition) is 7. The smallest absolute Gasteiger partial charge is 0.263 e. The molecular weight excluding hydrogens is 542 g/mol. The molecule has 6 rings (SSSR count). The third kappa shape index (κ3) is 5.31. The summed E-state index contributed by atoms with van der Waals surface area (Å²) in [6.45, 7) is 5.75. The van der Waals surface area contributed by atoms with Gasteiger partial charge in [0.1, 0.15) is 4.83 Å². The zero-order valence-corrected chi connectivity index (χ0v) is 24.1. The van der Waals surface area contributed by atoms with Crippen LogP contribution in [0.25, 0.3) is 16.0 Å². The van der Waals surface area contributed by atoms with E-state index in [1.807, 2.05) is 52.9 Å². The molecule has 2 aromatic carbocycles. The van der Waals surface area contributed by atoms with E-state index in [9.17, 15) is 9.59 Å². The van der Waals surface area contributed by atoms with Gasteiger partial charge in [-0.2, -0.15) is 0 Å². The molecule has 1 unspecified atom stereocenters. The summed E-state index contributed by atoms with van der Waals surface area (Å²) in [7, 11) is 0. The lowest BCUT2D eigenvalue weighted by molar-refractivity contribution is -0.118. The number of ether oxygens (including phenoxy) is 1. The maximum Gasteiger partial charge on any atom is 0.263 e. The number of fused-ring (bicyclic) bond motifs is 5. The molecule has 10 heteroatoms. The Balaban J connectivity index is 1.36. The van der Waals surface area contributed by atoms with Crippen LogP contribution in [0.15, 0.2) is 70.6 Å². The number of thioether (sulfide) groups is 1. The van der Waals surface area contributed by atoms with Gasteiger partial charge in [0.2, 0.25) is 11.7 Å². The number of aromatic nitrogens is 4. The second-order valence-electron chi connectivity index (χ2n) is 10.3. The van der Waals surface area contributed by atoms with E-state index >= 15 is 0 Å². The lowest BCUT2D eigenvalue weighted by Gasteiger charge is -2.26. The van der Waals surface area contributed by atoms with Gasteiger partial charge in [-0.25, -0.2) is 4.40 Å². The van der Waals surface area contributed by atoms with Gasteiger partial charge in [-0.3, -0.25) is 14.2 Å². The highest BCUT2D eigenvalue weighted by molar-refractivity contribution is 7.99. The third-order valence-corrected chi connectivity index (χ3v) is 9.42. The normalized spacial score (nSPS) is 15.1. The van der Waals surface area contributed by atoms with Crippen molar-refractivity contribution in [2.75, 3.05) is 5.75 Å². The molecule has 0 saturated heterocycles. The van der Waals surface area contributed by atoms with Crippen LogP contribution in [0, 0.1) is 5.92 Å². The summed E-state index contributed by atoms with van der Waals surface area (Å²) in [5.41, 5.74) is 3.24. The number of thiophene rings is 1.